The second kappa shape index (κ2) is 9.19. The van der Waals surface area contributed by atoms with E-state index in [0.717, 1.165) is 47.2 Å². The van der Waals surface area contributed by atoms with Crippen molar-refractivity contribution in [1.82, 2.24) is 14.9 Å². The van der Waals surface area contributed by atoms with Crippen LogP contribution in [0.25, 0.3) is 0 Å². The topological polar surface area (TPSA) is 76.6 Å². The maximum Gasteiger partial charge on any atom is 0.225 e. The Morgan fingerprint density at radius 2 is 2.14 bits per heavy atom. The second-order valence-electron chi connectivity index (χ2n) is 7.70. The summed E-state index contributed by atoms with van der Waals surface area (Å²) in [4.78, 5) is 25.2. The Bertz CT molecular complexity index is 835. The third-order valence-corrected chi connectivity index (χ3v) is 6.52. The number of nitrogens with one attached hydrogen (secondary N) is 1. The molecule has 0 bridgehead atoms. The summed E-state index contributed by atoms with van der Waals surface area (Å²) in [7, 11) is 1.75. The van der Waals surface area contributed by atoms with Gasteiger partial charge in [-0.1, -0.05) is 6.07 Å². The number of aromatic nitrogens is 2. The lowest BCUT2D eigenvalue weighted by Crippen LogP contribution is -2.46. The van der Waals surface area contributed by atoms with Gasteiger partial charge in [0, 0.05) is 30.6 Å². The molecule has 29 heavy (non-hydrogen) atoms. The van der Waals surface area contributed by atoms with Crippen LogP contribution in [0, 0.1) is 12.8 Å². The Hall–Kier alpha value is -2.03. The van der Waals surface area contributed by atoms with E-state index in [1.807, 2.05) is 36.2 Å². The first-order valence-electron chi connectivity index (χ1n) is 10.2. The lowest BCUT2D eigenvalue weighted by Gasteiger charge is -2.36. The number of methoxy groups -OCH3 is 1. The lowest BCUT2D eigenvalue weighted by atomic mass is 9.86. The van der Waals surface area contributed by atoms with Gasteiger partial charge in [-0.25, -0.2) is 9.97 Å². The quantitative estimate of drug-likeness (QED) is 0.801. The Balaban J connectivity index is 1.39. The zero-order valence-corrected chi connectivity index (χ0v) is 17.8. The van der Waals surface area contributed by atoms with Gasteiger partial charge in [-0.05, 0) is 44.7 Å². The maximum atomic E-state index is 13.0. The lowest BCUT2D eigenvalue weighted by molar-refractivity contribution is -0.145. The second-order valence-corrected chi connectivity index (χ2v) is 8.94. The molecule has 1 saturated heterocycles. The van der Waals surface area contributed by atoms with Crippen molar-refractivity contribution in [3.8, 4) is 0 Å². The number of amides is 1. The van der Waals surface area contributed by atoms with Crippen LogP contribution in [0.15, 0.2) is 24.4 Å². The van der Waals surface area contributed by atoms with Crippen molar-refractivity contribution in [3.63, 3.8) is 0 Å². The van der Waals surface area contributed by atoms with Crippen molar-refractivity contribution < 1.29 is 14.3 Å². The summed E-state index contributed by atoms with van der Waals surface area (Å²) in [6.45, 7) is 3.76. The van der Waals surface area contributed by atoms with Crippen LogP contribution in [-0.4, -0.2) is 53.7 Å². The van der Waals surface area contributed by atoms with Gasteiger partial charge in [-0.3, -0.25) is 4.79 Å². The third-order valence-electron chi connectivity index (χ3n) is 5.69. The van der Waals surface area contributed by atoms with Crippen molar-refractivity contribution in [2.75, 3.05) is 32.1 Å². The van der Waals surface area contributed by atoms with Gasteiger partial charge in [0.1, 0.15) is 11.9 Å². The summed E-state index contributed by atoms with van der Waals surface area (Å²) in [6, 6.07) is 5.84. The van der Waals surface area contributed by atoms with Crippen molar-refractivity contribution in [1.29, 1.82) is 0 Å². The van der Waals surface area contributed by atoms with E-state index in [1.54, 1.807) is 18.4 Å². The summed E-state index contributed by atoms with van der Waals surface area (Å²) in [5, 5.41) is 4.07. The van der Waals surface area contributed by atoms with E-state index in [9.17, 15) is 4.79 Å². The molecule has 1 aliphatic carbocycles. The molecular formula is C21H28N4O3S. The molecule has 7 nitrogen and oxygen atoms in total. The number of morpholine rings is 1. The van der Waals surface area contributed by atoms with Crippen LogP contribution in [0.5, 0.6) is 0 Å². The molecule has 2 aromatic rings. The Kier molecular flexibility index (Phi) is 6.42. The number of aryl methyl sites for hydroxylation is 1. The molecule has 1 saturated carbocycles. The monoisotopic (exact) mass is 416 g/mol. The number of nitrogens with zero attached hydrogens (tertiary/aromatic N) is 3. The van der Waals surface area contributed by atoms with Crippen molar-refractivity contribution in [2.24, 2.45) is 5.92 Å². The molecule has 1 amide bonds. The minimum absolute atomic E-state index is 0.106. The van der Waals surface area contributed by atoms with Gasteiger partial charge >= 0.3 is 0 Å². The Morgan fingerprint density at radius 1 is 1.31 bits per heavy atom. The van der Waals surface area contributed by atoms with Crippen LogP contribution < -0.4 is 5.32 Å². The summed E-state index contributed by atoms with van der Waals surface area (Å²) >= 11 is 1.59. The van der Waals surface area contributed by atoms with E-state index in [0.29, 0.717) is 25.8 Å². The molecule has 1 atom stereocenters. The summed E-state index contributed by atoms with van der Waals surface area (Å²) < 4.78 is 11.4. The molecule has 1 N–H and O–H groups in total. The Morgan fingerprint density at radius 3 is 2.86 bits per heavy atom. The molecule has 0 radical (unpaired) electrons. The number of carbonyl (C=O) groups is 1. The van der Waals surface area contributed by atoms with Crippen LogP contribution in [0.3, 0.4) is 0 Å². The van der Waals surface area contributed by atoms with Crippen molar-refractivity contribution >= 4 is 28.2 Å². The summed E-state index contributed by atoms with van der Waals surface area (Å²) in [5.41, 5.74) is 0.837. The van der Waals surface area contributed by atoms with Crippen LogP contribution in [0.2, 0.25) is 0 Å². The van der Waals surface area contributed by atoms with E-state index in [-0.39, 0.29) is 17.9 Å². The average Bonchev–Trinajstić information content (AvgIpc) is 3.18. The minimum Gasteiger partial charge on any atom is -0.381 e. The van der Waals surface area contributed by atoms with Crippen LogP contribution in [0.4, 0.5) is 10.9 Å². The first-order valence-corrected chi connectivity index (χ1v) is 11.0. The highest BCUT2D eigenvalue weighted by Gasteiger charge is 2.33. The molecule has 4 rings (SSSR count). The number of anilines is 2. The fourth-order valence-electron chi connectivity index (χ4n) is 4.05. The number of ether oxygens (including phenoxy) is 2. The molecular weight excluding hydrogens is 388 g/mol. The highest BCUT2D eigenvalue weighted by Crippen LogP contribution is 2.30. The molecule has 2 aliphatic rings. The first-order chi connectivity index (χ1) is 14.1. The SMILES string of the molecule is COC1CCC(C(=O)N2CCOC(c3cccc(Nc4ncc(C)s4)n3)C2)CC1. The molecule has 2 aromatic heterocycles. The number of hydrogen-bond acceptors (Lipinski definition) is 7. The summed E-state index contributed by atoms with van der Waals surface area (Å²) in [6.07, 6.45) is 5.68. The smallest absolute Gasteiger partial charge is 0.225 e. The fourth-order valence-corrected chi connectivity index (χ4v) is 4.73. The molecule has 3 heterocycles. The minimum atomic E-state index is -0.206. The number of thiazole rings is 1. The number of pyridine rings is 1. The number of hydrogen-bond donors (Lipinski definition) is 1. The number of carbonyl (C=O) groups excluding carboxylic acids is 1. The van der Waals surface area contributed by atoms with Gasteiger partial charge in [0.25, 0.3) is 0 Å². The van der Waals surface area contributed by atoms with E-state index in [1.165, 1.54) is 0 Å². The average molecular weight is 417 g/mol. The zero-order chi connectivity index (χ0) is 20.2. The predicted molar refractivity (Wildman–Crippen MR) is 112 cm³/mol. The van der Waals surface area contributed by atoms with Crippen LogP contribution in [0.1, 0.15) is 42.4 Å². The largest absolute Gasteiger partial charge is 0.381 e. The van der Waals surface area contributed by atoms with Gasteiger partial charge < -0.3 is 19.7 Å². The van der Waals surface area contributed by atoms with Gasteiger partial charge in [-0.15, -0.1) is 11.3 Å². The highest BCUT2D eigenvalue weighted by molar-refractivity contribution is 7.15. The molecule has 156 valence electrons. The van der Waals surface area contributed by atoms with Crippen molar-refractivity contribution in [2.45, 2.75) is 44.8 Å². The molecule has 1 unspecified atom stereocenters. The molecule has 1 aliphatic heterocycles. The predicted octanol–water partition coefficient (Wildman–Crippen LogP) is 3.70. The summed E-state index contributed by atoms with van der Waals surface area (Å²) in [5.74, 6) is 1.09. The normalized spacial score (nSPS) is 25.0. The maximum absolute atomic E-state index is 13.0. The van der Waals surface area contributed by atoms with E-state index in [2.05, 4.69) is 10.3 Å². The molecule has 8 heteroatoms. The molecule has 2 fully saturated rings. The van der Waals surface area contributed by atoms with Gasteiger partial charge in [0.05, 0.1) is 24.9 Å². The van der Waals surface area contributed by atoms with Gasteiger partial charge in [-0.2, -0.15) is 0 Å². The van der Waals surface area contributed by atoms with Crippen molar-refractivity contribution in [3.05, 3.63) is 35.0 Å². The van der Waals surface area contributed by atoms with Gasteiger partial charge in [0.15, 0.2) is 5.13 Å². The fraction of sp³-hybridized carbons (Fsp3) is 0.571. The standard InChI is InChI=1S/C21H28N4O3S/c1-14-12-22-21(29-14)24-19-5-3-4-17(23-19)18-13-25(10-11-28-18)20(26)15-6-8-16(27-2)9-7-15/h3-5,12,15-16,18H,6-11,13H2,1-2H3,(H,22,23,24). The van der Waals surface area contributed by atoms with E-state index >= 15 is 0 Å². The first kappa shape index (κ1) is 20.3. The Labute approximate surface area is 175 Å². The highest BCUT2D eigenvalue weighted by atomic mass is 32.1. The van der Waals surface area contributed by atoms with E-state index in [4.69, 9.17) is 14.5 Å². The zero-order valence-electron chi connectivity index (χ0n) is 17.0. The molecule has 0 aromatic carbocycles. The number of rotatable bonds is 5. The third kappa shape index (κ3) is 4.94. The van der Waals surface area contributed by atoms with Gasteiger partial charge in [0.2, 0.25) is 5.91 Å². The van der Waals surface area contributed by atoms with E-state index < -0.39 is 0 Å². The van der Waals surface area contributed by atoms with Crippen LogP contribution >= 0.6 is 11.3 Å². The van der Waals surface area contributed by atoms with Crippen LogP contribution in [-0.2, 0) is 14.3 Å². The molecule has 0 spiro atoms.